The van der Waals surface area contributed by atoms with E-state index in [4.69, 9.17) is 0 Å². The van der Waals surface area contributed by atoms with E-state index in [1.54, 1.807) is 0 Å². The lowest BCUT2D eigenvalue weighted by atomic mass is 10.0. The van der Waals surface area contributed by atoms with E-state index in [1.165, 1.54) is 5.56 Å². The van der Waals surface area contributed by atoms with Crippen LogP contribution in [0.15, 0.2) is 54.6 Å². The lowest BCUT2D eigenvalue weighted by Crippen LogP contribution is -2.38. The highest BCUT2D eigenvalue weighted by atomic mass is 16.1. The number of hydrogen-bond donors (Lipinski definition) is 0. The van der Waals surface area contributed by atoms with Crippen molar-refractivity contribution in [1.82, 2.24) is 0 Å². The van der Waals surface area contributed by atoms with Crippen molar-refractivity contribution in [2.75, 3.05) is 20.6 Å². The Labute approximate surface area is 121 Å². The normalized spacial score (nSPS) is 11.3. The number of carbonyl (C=O) groups is 1. The molecule has 2 heteroatoms. The SMILES string of the molecule is CC[N+](C)(C)Cc1ccc(C(=O)c2ccccc2)cc1. The Morgan fingerprint density at radius 2 is 1.45 bits per heavy atom. The van der Waals surface area contributed by atoms with Crippen LogP contribution in [0.4, 0.5) is 0 Å². The molecule has 0 bridgehead atoms. The predicted molar refractivity (Wildman–Crippen MR) is 82.7 cm³/mol. The summed E-state index contributed by atoms with van der Waals surface area (Å²) < 4.78 is 0.950. The molecule has 0 aliphatic heterocycles. The molecule has 0 fully saturated rings. The molecule has 0 radical (unpaired) electrons. The molecule has 0 aromatic heterocycles. The van der Waals surface area contributed by atoms with Gasteiger partial charge in [0.25, 0.3) is 0 Å². The number of nitrogens with zero attached hydrogens (tertiary/aromatic N) is 1. The summed E-state index contributed by atoms with van der Waals surface area (Å²) in [6.07, 6.45) is 0. The van der Waals surface area contributed by atoms with Gasteiger partial charge in [-0.2, -0.15) is 0 Å². The van der Waals surface area contributed by atoms with E-state index in [2.05, 4.69) is 33.2 Å². The largest absolute Gasteiger partial charge is 0.325 e. The minimum absolute atomic E-state index is 0.0846. The van der Waals surface area contributed by atoms with Gasteiger partial charge in [0.15, 0.2) is 5.78 Å². The molecule has 0 amide bonds. The van der Waals surface area contributed by atoms with Crippen LogP contribution >= 0.6 is 0 Å². The molecular formula is C18H22NO+. The molecule has 0 aliphatic rings. The molecule has 2 aromatic rings. The summed E-state index contributed by atoms with van der Waals surface area (Å²) in [5.41, 5.74) is 2.76. The van der Waals surface area contributed by atoms with Crippen molar-refractivity contribution in [3.63, 3.8) is 0 Å². The Kier molecular flexibility index (Phi) is 4.35. The van der Waals surface area contributed by atoms with E-state index < -0.39 is 0 Å². The summed E-state index contributed by atoms with van der Waals surface area (Å²) in [7, 11) is 4.42. The molecule has 104 valence electrons. The van der Waals surface area contributed by atoms with E-state index in [9.17, 15) is 4.79 Å². The summed E-state index contributed by atoms with van der Waals surface area (Å²) >= 11 is 0. The molecule has 0 atom stereocenters. The molecule has 0 unspecified atom stereocenters. The van der Waals surface area contributed by atoms with Crippen LogP contribution in [0, 0.1) is 0 Å². The summed E-state index contributed by atoms with van der Waals surface area (Å²) in [4.78, 5) is 12.3. The van der Waals surface area contributed by atoms with E-state index in [-0.39, 0.29) is 5.78 Å². The average Bonchev–Trinajstić information content (AvgIpc) is 2.48. The van der Waals surface area contributed by atoms with Gasteiger partial charge in [0.1, 0.15) is 6.54 Å². The Hall–Kier alpha value is -1.93. The smallest absolute Gasteiger partial charge is 0.193 e. The Morgan fingerprint density at radius 3 is 2.00 bits per heavy atom. The summed E-state index contributed by atoms with van der Waals surface area (Å²) in [6.45, 7) is 4.26. The van der Waals surface area contributed by atoms with E-state index in [0.29, 0.717) is 0 Å². The second-order valence-electron chi connectivity index (χ2n) is 5.80. The maximum atomic E-state index is 12.3. The monoisotopic (exact) mass is 268 g/mol. The van der Waals surface area contributed by atoms with Gasteiger partial charge in [-0.3, -0.25) is 4.79 Å². The van der Waals surface area contributed by atoms with Crippen LogP contribution in [0.1, 0.15) is 28.4 Å². The van der Waals surface area contributed by atoms with Gasteiger partial charge in [0, 0.05) is 16.7 Å². The standard InChI is InChI=1S/C18H22NO/c1-4-19(2,3)14-15-10-12-17(13-11-15)18(20)16-8-6-5-7-9-16/h5-13H,4,14H2,1-3H3/q+1. The zero-order chi connectivity index (χ0) is 14.6. The molecule has 2 nitrogen and oxygen atoms in total. The molecule has 0 saturated carbocycles. The molecule has 2 rings (SSSR count). The third-order valence-electron chi connectivity index (χ3n) is 3.72. The van der Waals surface area contributed by atoms with Crippen LogP contribution in [-0.2, 0) is 6.54 Å². The van der Waals surface area contributed by atoms with Crippen molar-refractivity contribution in [2.45, 2.75) is 13.5 Å². The highest BCUT2D eigenvalue weighted by molar-refractivity contribution is 6.08. The van der Waals surface area contributed by atoms with Crippen LogP contribution in [-0.4, -0.2) is 30.9 Å². The third-order valence-corrected chi connectivity index (χ3v) is 3.72. The van der Waals surface area contributed by atoms with Gasteiger partial charge in [-0.1, -0.05) is 54.6 Å². The average molecular weight is 268 g/mol. The predicted octanol–water partition coefficient (Wildman–Crippen LogP) is 3.51. The fourth-order valence-electron chi connectivity index (χ4n) is 2.12. The molecule has 0 spiro atoms. The van der Waals surface area contributed by atoms with Gasteiger partial charge in [-0.05, 0) is 6.92 Å². The number of ketones is 1. The highest BCUT2D eigenvalue weighted by Gasteiger charge is 2.13. The van der Waals surface area contributed by atoms with E-state index in [1.807, 2.05) is 42.5 Å². The van der Waals surface area contributed by atoms with Crippen molar-refractivity contribution in [1.29, 1.82) is 0 Å². The Bertz CT molecular complexity index is 570. The molecule has 0 heterocycles. The van der Waals surface area contributed by atoms with Gasteiger partial charge < -0.3 is 4.48 Å². The second kappa shape index (κ2) is 6.02. The van der Waals surface area contributed by atoms with E-state index in [0.717, 1.165) is 28.7 Å². The zero-order valence-electron chi connectivity index (χ0n) is 12.5. The molecule has 0 aliphatic carbocycles. The first kappa shape index (κ1) is 14.5. The summed E-state index contributed by atoms with van der Waals surface area (Å²) in [5.74, 6) is 0.0846. The second-order valence-corrected chi connectivity index (χ2v) is 5.80. The number of quaternary nitrogens is 1. The Morgan fingerprint density at radius 1 is 0.900 bits per heavy atom. The highest BCUT2D eigenvalue weighted by Crippen LogP contribution is 2.13. The Balaban J connectivity index is 2.15. The van der Waals surface area contributed by atoms with Crippen molar-refractivity contribution < 1.29 is 9.28 Å². The van der Waals surface area contributed by atoms with Crippen molar-refractivity contribution in [2.24, 2.45) is 0 Å². The first-order valence-electron chi connectivity index (χ1n) is 7.02. The molecular weight excluding hydrogens is 246 g/mol. The third kappa shape index (κ3) is 3.55. The summed E-state index contributed by atoms with van der Waals surface area (Å²) in [6, 6.07) is 17.4. The first-order valence-corrected chi connectivity index (χ1v) is 7.02. The maximum absolute atomic E-state index is 12.3. The van der Waals surface area contributed by atoms with Crippen LogP contribution in [0.2, 0.25) is 0 Å². The maximum Gasteiger partial charge on any atom is 0.193 e. The lowest BCUT2D eigenvalue weighted by Gasteiger charge is -2.28. The minimum atomic E-state index is 0.0846. The topological polar surface area (TPSA) is 17.1 Å². The zero-order valence-corrected chi connectivity index (χ0v) is 12.5. The van der Waals surface area contributed by atoms with Crippen LogP contribution in [0.3, 0.4) is 0 Å². The van der Waals surface area contributed by atoms with Crippen molar-refractivity contribution in [3.8, 4) is 0 Å². The number of rotatable bonds is 5. The van der Waals surface area contributed by atoms with Crippen molar-refractivity contribution >= 4 is 5.78 Å². The quantitative estimate of drug-likeness (QED) is 0.599. The minimum Gasteiger partial charge on any atom is -0.325 e. The number of benzene rings is 2. The number of hydrogen-bond acceptors (Lipinski definition) is 1. The fourth-order valence-corrected chi connectivity index (χ4v) is 2.12. The number of carbonyl (C=O) groups excluding carboxylic acids is 1. The molecule has 0 N–H and O–H groups in total. The van der Waals surface area contributed by atoms with Gasteiger partial charge in [0.05, 0.1) is 20.6 Å². The lowest BCUT2D eigenvalue weighted by molar-refractivity contribution is -0.901. The summed E-state index contributed by atoms with van der Waals surface area (Å²) in [5, 5.41) is 0. The van der Waals surface area contributed by atoms with Crippen LogP contribution in [0.5, 0.6) is 0 Å². The van der Waals surface area contributed by atoms with Crippen LogP contribution in [0.25, 0.3) is 0 Å². The van der Waals surface area contributed by atoms with Crippen LogP contribution < -0.4 is 0 Å². The fraction of sp³-hybridized carbons (Fsp3) is 0.278. The molecule has 20 heavy (non-hydrogen) atoms. The first-order chi connectivity index (χ1) is 9.52. The van der Waals surface area contributed by atoms with E-state index >= 15 is 0 Å². The molecule has 0 saturated heterocycles. The van der Waals surface area contributed by atoms with Gasteiger partial charge >= 0.3 is 0 Å². The van der Waals surface area contributed by atoms with Crippen molar-refractivity contribution in [3.05, 3.63) is 71.3 Å². The molecule has 2 aromatic carbocycles. The van der Waals surface area contributed by atoms with Gasteiger partial charge in [0.2, 0.25) is 0 Å². The van der Waals surface area contributed by atoms with Gasteiger partial charge in [-0.15, -0.1) is 0 Å². The van der Waals surface area contributed by atoms with Gasteiger partial charge in [-0.25, -0.2) is 0 Å².